The third-order valence-electron chi connectivity index (χ3n) is 11.1. The average Bonchev–Trinajstić information content (AvgIpc) is 3.30. The molecule has 0 amide bonds. The van der Waals surface area contributed by atoms with Crippen molar-refractivity contribution in [2.24, 2.45) is 0 Å². The highest BCUT2D eigenvalue weighted by Crippen LogP contribution is 2.45. The first kappa shape index (κ1) is 66.1. The van der Waals surface area contributed by atoms with Crippen LogP contribution in [0.3, 0.4) is 0 Å². The SMILES string of the molecule is CCCCCCCCCCCCC(=O)OC[C@H](COP(=O)(O)OC[C@@H](O)COP(=O)(O)OC[C@@H](COC(=O)CCCCCCCCC)OC(=O)CCCCCCC)OC(=O)CCCCCCCC. The largest absolute Gasteiger partial charge is 0.472 e. The zero-order chi connectivity index (χ0) is 50.6. The van der Waals surface area contributed by atoms with Gasteiger partial charge in [-0.25, -0.2) is 9.13 Å². The van der Waals surface area contributed by atoms with Crippen LogP contribution in [0.1, 0.15) is 233 Å². The second kappa shape index (κ2) is 45.0. The van der Waals surface area contributed by atoms with Gasteiger partial charge in [0.1, 0.15) is 19.3 Å². The molecule has 17 nitrogen and oxygen atoms in total. The van der Waals surface area contributed by atoms with Crippen molar-refractivity contribution in [3.8, 4) is 0 Å². The van der Waals surface area contributed by atoms with Gasteiger partial charge in [-0.2, -0.15) is 0 Å². The van der Waals surface area contributed by atoms with Crippen LogP contribution in [-0.2, 0) is 65.4 Å². The molecule has 0 aliphatic rings. The maximum absolute atomic E-state index is 12.8. The Hall–Kier alpha value is -1.94. The van der Waals surface area contributed by atoms with E-state index in [-0.39, 0.29) is 25.7 Å². The highest BCUT2D eigenvalue weighted by atomic mass is 31.2. The number of unbranched alkanes of at least 4 members (excludes halogenated alkanes) is 24. The quantitative estimate of drug-likeness (QED) is 0.0222. The summed E-state index contributed by atoms with van der Waals surface area (Å²) in [6, 6.07) is 0. The van der Waals surface area contributed by atoms with E-state index in [0.717, 1.165) is 109 Å². The standard InChI is InChI=1S/C49H94O17P2/c1-5-9-13-17-20-21-22-24-28-30-34-47(52)60-40-45(66-49(54)36-32-26-19-15-11-7-3)42-64-68(57,58)62-38-43(50)37-61-67(55,56)63-41-44(65-48(53)35-31-25-16-12-8-4)39-59-46(51)33-29-27-23-18-14-10-6-2/h43-45,50H,5-42H2,1-4H3,(H,55,56)(H,57,58)/t43-,44+,45+/m0/s1. The monoisotopic (exact) mass is 1020 g/mol. The molecule has 2 unspecified atom stereocenters. The van der Waals surface area contributed by atoms with E-state index >= 15 is 0 Å². The van der Waals surface area contributed by atoms with Crippen LogP contribution in [0.25, 0.3) is 0 Å². The van der Waals surface area contributed by atoms with Gasteiger partial charge in [-0.3, -0.25) is 37.3 Å². The van der Waals surface area contributed by atoms with Crippen LogP contribution in [0, 0.1) is 0 Å². The number of ether oxygens (including phenoxy) is 4. The van der Waals surface area contributed by atoms with Gasteiger partial charge in [-0.15, -0.1) is 0 Å². The molecular weight excluding hydrogens is 922 g/mol. The predicted octanol–water partition coefficient (Wildman–Crippen LogP) is 12.1. The molecular formula is C49H94O17P2. The third-order valence-corrected chi connectivity index (χ3v) is 13.0. The summed E-state index contributed by atoms with van der Waals surface area (Å²) >= 11 is 0. The third kappa shape index (κ3) is 44.0. The molecule has 0 heterocycles. The van der Waals surface area contributed by atoms with Crippen LogP contribution in [-0.4, -0.2) is 96.7 Å². The average molecular weight is 1020 g/mol. The molecule has 0 aliphatic carbocycles. The molecule has 19 heteroatoms. The van der Waals surface area contributed by atoms with Gasteiger partial charge in [0.15, 0.2) is 12.2 Å². The Kier molecular flexibility index (Phi) is 43.7. The van der Waals surface area contributed by atoms with Crippen LogP contribution in [0.2, 0.25) is 0 Å². The number of aliphatic hydroxyl groups is 1. The summed E-state index contributed by atoms with van der Waals surface area (Å²) in [6.45, 7) is 4.57. The summed E-state index contributed by atoms with van der Waals surface area (Å²) in [4.78, 5) is 70.9. The first-order valence-corrected chi connectivity index (χ1v) is 29.3. The van der Waals surface area contributed by atoms with Gasteiger partial charge in [-0.1, -0.05) is 182 Å². The topological polar surface area (TPSA) is 237 Å². The number of phosphoric ester groups is 2. The molecule has 0 saturated heterocycles. The number of carbonyl (C=O) groups excluding carboxylic acids is 4. The van der Waals surface area contributed by atoms with Crippen molar-refractivity contribution in [3.05, 3.63) is 0 Å². The fourth-order valence-corrected chi connectivity index (χ4v) is 8.56. The van der Waals surface area contributed by atoms with Crippen LogP contribution >= 0.6 is 15.6 Å². The van der Waals surface area contributed by atoms with Crippen LogP contribution in [0.15, 0.2) is 0 Å². The minimum atomic E-state index is -4.92. The number of hydrogen-bond donors (Lipinski definition) is 3. The zero-order valence-corrected chi connectivity index (χ0v) is 44.3. The van der Waals surface area contributed by atoms with E-state index in [1.807, 2.05) is 0 Å². The maximum atomic E-state index is 12.8. The fourth-order valence-electron chi connectivity index (χ4n) is 6.98. The molecule has 0 aromatic heterocycles. The lowest BCUT2D eigenvalue weighted by Crippen LogP contribution is -2.30. The van der Waals surface area contributed by atoms with Crippen molar-refractivity contribution in [2.45, 2.75) is 251 Å². The Labute approximate surface area is 409 Å². The van der Waals surface area contributed by atoms with Crippen molar-refractivity contribution < 1.29 is 80.2 Å². The Morgan fingerprint density at radius 1 is 0.353 bits per heavy atom. The number of phosphoric acid groups is 2. The normalized spacial score (nSPS) is 14.6. The summed E-state index contributed by atoms with van der Waals surface area (Å²) in [5.74, 6) is -2.18. The van der Waals surface area contributed by atoms with Crippen LogP contribution in [0.5, 0.6) is 0 Å². The smallest absolute Gasteiger partial charge is 0.462 e. The Morgan fingerprint density at radius 2 is 0.588 bits per heavy atom. The molecule has 3 N–H and O–H groups in total. The lowest BCUT2D eigenvalue weighted by atomic mass is 10.1. The molecule has 0 bridgehead atoms. The summed E-state index contributed by atoms with van der Waals surface area (Å²) in [5.41, 5.74) is 0. The van der Waals surface area contributed by atoms with Crippen LogP contribution in [0.4, 0.5) is 0 Å². The predicted molar refractivity (Wildman–Crippen MR) is 262 cm³/mol. The molecule has 0 aromatic rings. The molecule has 0 saturated carbocycles. The Morgan fingerprint density at radius 3 is 0.868 bits per heavy atom. The van der Waals surface area contributed by atoms with Gasteiger partial charge >= 0.3 is 39.5 Å². The number of rotatable bonds is 50. The first-order chi connectivity index (χ1) is 32.7. The number of aliphatic hydroxyl groups excluding tert-OH is 1. The van der Waals surface area contributed by atoms with Gasteiger partial charge in [-0.05, 0) is 25.7 Å². The minimum Gasteiger partial charge on any atom is -0.462 e. The number of esters is 4. The first-order valence-electron chi connectivity index (χ1n) is 26.3. The van der Waals surface area contributed by atoms with E-state index in [4.69, 9.17) is 37.0 Å². The Bertz CT molecular complexity index is 1350. The maximum Gasteiger partial charge on any atom is 0.472 e. The van der Waals surface area contributed by atoms with Gasteiger partial charge in [0, 0.05) is 25.7 Å². The van der Waals surface area contributed by atoms with E-state index in [9.17, 15) is 43.2 Å². The molecule has 68 heavy (non-hydrogen) atoms. The van der Waals surface area contributed by atoms with E-state index < -0.39 is 97.5 Å². The second-order valence-corrected chi connectivity index (χ2v) is 20.8. The molecule has 0 spiro atoms. The van der Waals surface area contributed by atoms with Crippen LogP contribution < -0.4 is 0 Å². The van der Waals surface area contributed by atoms with E-state index in [1.54, 1.807) is 0 Å². The van der Waals surface area contributed by atoms with E-state index in [0.29, 0.717) is 25.7 Å². The fraction of sp³-hybridized carbons (Fsp3) is 0.918. The lowest BCUT2D eigenvalue weighted by molar-refractivity contribution is -0.161. The van der Waals surface area contributed by atoms with Gasteiger partial charge in [0.2, 0.25) is 0 Å². The highest BCUT2D eigenvalue weighted by Gasteiger charge is 2.30. The molecule has 0 rings (SSSR count). The highest BCUT2D eigenvalue weighted by molar-refractivity contribution is 7.47. The summed E-state index contributed by atoms with van der Waals surface area (Å²) in [6.07, 6.45) is 24.6. The molecule has 0 aliphatic heterocycles. The van der Waals surface area contributed by atoms with Crippen molar-refractivity contribution >= 4 is 39.5 Å². The van der Waals surface area contributed by atoms with E-state index in [1.165, 1.54) is 44.9 Å². The molecule has 0 radical (unpaired) electrons. The Balaban J connectivity index is 5.11. The van der Waals surface area contributed by atoms with Crippen molar-refractivity contribution in [2.75, 3.05) is 39.6 Å². The molecule has 0 fully saturated rings. The molecule has 402 valence electrons. The van der Waals surface area contributed by atoms with Gasteiger partial charge < -0.3 is 33.8 Å². The van der Waals surface area contributed by atoms with Gasteiger partial charge in [0.05, 0.1) is 26.4 Å². The van der Waals surface area contributed by atoms with Crippen molar-refractivity contribution in [3.63, 3.8) is 0 Å². The summed E-state index contributed by atoms with van der Waals surface area (Å²) < 4.78 is 66.8. The molecule has 0 aromatic carbocycles. The second-order valence-electron chi connectivity index (χ2n) is 17.8. The number of carbonyl (C=O) groups is 4. The van der Waals surface area contributed by atoms with Crippen molar-refractivity contribution in [1.29, 1.82) is 0 Å². The zero-order valence-electron chi connectivity index (χ0n) is 42.6. The molecule has 5 atom stereocenters. The number of hydrogen-bond acceptors (Lipinski definition) is 15. The summed E-state index contributed by atoms with van der Waals surface area (Å²) in [7, 11) is -9.83. The minimum absolute atomic E-state index is 0.0993. The lowest BCUT2D eigenvalue weighted by Gasteiger charge is -2.21. The summed E-state index contributed by atoms with van der Waals surface area (Å²) in [5, 5.41) is 10.4. The van der Waals surface area contributed by atoms with E-state index in [2.05, 4.69) is 27.7 Å². The van der Waals surface area contributed by atoms with Gasteiger partial charge in [0.25, 0.3) is 0 Å². The van der Waals surface area contributed by atoms with Crippen molar-refractivity contribution in [1.82, 2.24) is 0 Å².